The number of anilines is 1. The van der Waals surface area contributed by atoms with Crippen molar-refractivity contribution in [2.75, 3.05) is 19.5 Å². The molecule has 1 amide bonds. The molecule has 1 N–H and O–H groups in total. The van der Waals surface area contributed by atoms with Gasteiger partial charge in [0.2, 0.25) is 5.91 Å². The van der Waals surface area contributed by atoms with Crippen molar-refractivity contribution in [1.29, 1.82) is 0 Å². The molecule has 3 aromatic rings. The number of nitrogens with one attached hydrogen (secondary N) is 1. The van der Waals surface area contributed by atoms with Gasteiger partial charge in [-0.1, -0.05) is 30.3 Å². The summed E-state index contributed by atoms with van der Waals surface area (Å²) in [4.78, 5) is 26.4. The number of hydrogen-bond donors (Lipinski definition) is 1. The molecule has 7 heteroatoms. The molecule has 0 saturated heterocycles. The van der Waals surface area contributed by atoms with Crippen molar-refractivity contribution in [3.05, 3.63) is 70.0 Å². The van der Waals surface area contributed by atoms with Gasteiger partial charge in [-0.15, -0.1) is 0 Å². The van der Waals surface area contributed by atoms with Crippen LogP contribution < -0.4 is 20.3 Å². The number of carbonyl (C=O) groups excluding carboxylic acids is 1. The smallest absolute Gasteiger partial charge is 0.271 e. The van der Waals surface area contributed by atoms with Crippen molar-refractivity contribution in [2.45, 2.75) is 38.6 Å². The van der Waals surface area contributed by atoms with Crippen molar-refractivity contribution >= 4 is 11.6 Å². The van der Waals surface area contributed by atoms with Crippen LogP contribution in [0.25, 0.3) is 11.3 Å². The zero-order valence-corrected chi connectivity index (χ0v) is 18.6. The summed E-state index contributed by atoms with van der Waals surface area (Å²) in [5.41, 5.74) is 3.84. The summed E-state index contributed by atoms with van der Waals surface area (Å²) in [5, 5.41) is 7.54. The Morgan fingerprint density at radius 2 is 1.62 bits per heavy atom. The van der Waals surface area contributed by atoms with Crippen LogP contribution in [0, 0.1) is 0 Å². The van der Waals surface area contributed by atoms with Crippen LogP contribution in [-0.4, -0.2) is 29.9 Å². The Balaban J connectivity index is 1.71. The number of fused-ring (bicyclic) bond motifs is 1. The first-order valence-electron chi connectivity index (χ1n) is 10.8. The maximum atomic E-state index is 13.3. The number of aromatic nitrogens is 2. The van der Waals surface area contributed by atoms with Crippen molar-refractivity contribution in [3.63, 3.8) is 0 Å². The number of methoxy groups -OCH3 is 2. The fourth-order valence-corrected chi connectivity index (χ4v) is 4.08. The van der Waals surface area contributed by atoms with Gasteiger partial charge in [-0.2, -0.15) is 5.10 Å². The Hall–Kier alpha value is -3.61. The molecule has 0 spiro atoms. The molecule has 0 saturated carbocycles. The SMILES string of the molecule is COc1cc(NC(=O)C(C)n2nc(-c3ccccc3)c3c(c2=O)CCCC3)cc(OC)c1. The lowest BCUT2D eigenvalue weighted by Gasteiger charge is -2.22. The quantitative estimate of drug-likeness (QED) is 0.635. The molecular formula is C25H27N3O4. The minimum atomic E-state index is -0.797. The lowest BCUT2D eigenvalue weighted by molar-refractivity contribution is -0.119. The van der Waals surface area contributed by atoms with Crippen LogP contribution in [-0.2, 0) is 17.6 Å². The molecule has 1 unspecified atom stereocenters. The Labute approximate surface area is 187 Å². The molecule has 1 atom stereocenters. The highest BCUT2D eigenvalue weighted by Gasteiger charge is 2.25. The van der Waals surface area contributed by atoms with E-state index in [1.54, 1.807) is 39.3 Å². The van der Waals surface area contributed by atoms with Crippen LogP contribution in [0.15, 0.2) is 53.3 Å². The standard InChI is InChI=1S/C25H27N3O4/c1-16(24(29)26-18-13-19(31-2)15-20(14-18)32-3)28-25(30)22-12-8-7-11-21(22)23(27-28)17-9-5-4-6-10-17/h4-6,9-10,13-16H,7-8,11-12H2,1-3H3,(H,26,29). The topological polar surface area (TPSA) is 82.5 Å². The van der Waals surface area contributed by atoms with Crippen LogP contribution >= 0.6 is 0 Å². The van der Waals surface area contributed by atoms with Crippen molar-refractivity contribution in [3.8, 4) is 22.8 Å². The Morgan fingerprint density at radius 3 is 2.25 bits per heavy atom. The van der Waals surface area contributed by atoms with E-state index < -0.39 is 6.04 Å². The Morgan fingerprint density at radius 1 is 1.00 bits per heavy atom. The average molecular weight is 434 g/mol. The molecule has 32 heavy (non-hydrogen) atoms. The van der Waals surface area contributed by atoms with E-state index in [-0.39, 0.29) is 11.5 Å². The van der Waals surface area contributed by atoms with E-state index in [1.165, 1.54) is 4.68 Å². The lowest BCUT2D eigenvalue weighted by atomic mass is 9.89. The fraction of sp³-hybridized carbons (Fsp3) is 0.320. The van der Waals surface area contributed by atoms with Crippen LogP contribution in [0.3, 0.4) is 0 Å². The van der Waals surface area contributed by atoms with Gasteiger partial charge in [-0.25, -0.2) is 4.68 Å². The van der Waals surface area contributed by atoms with Crippen LogP contribution in [0.4, 0.5) is 5.69 Å². The monoisotopic (exact) mass is 433 g/mol. The molecule has 2 aromatic carbocycles. The average Bonchev–Trinajstić information content (AvgIpc) is 2.84. The first-order chi connectivity index (χ1) is 15.5. The van der Waals surface area contributed by atoms with E-state index in [1.807, 2.05) is 30.3 Å². The van der Waals surface area contributed by atoms with Crippen LogP contribution in [0.1, 0.15) is 36.9 Å². The van der Waals surface area contributed by atoms with Gasteiger partial charge in [0.25, 0.3) is 5.56 Å². The van der Waals surface area contributed by atoms with E-state index in [9.17, 15) is 9.59 Å². The van der Waals surface area contributed by atoms with E-state index in [0.717, 1.165) is 41.6 Å². The van der Waals surface area contributed by atoms with Crippen LogP contribution in [0.5, 0.6) is 11.5 Å². The number of rotatable bonds is 6. The Kier molecular flexibility index (Phi) is 6.25. The molecule has 1 aromatic heterocycles. The number of amides is 1. The summed E-state index contributed by atoms with van der Waals surface area (Å²) < 4.78 is 11.9. The summed E-state index contributed by atoms with van der Waals surface area (Å²) in [5.74, 6) is 0.773. The number of benzene rings is 2. The normalized spacial score (nSPS) is 13.7. The van der Waals surface area contributed by atoms with Gasteiger partial charge in [0.05, 0.1) is 19.9 Å². The van der Waals surface area contributed by atoms with Crippen molar-refractivity contribution in [1.82, 2.24) is 9.78 Å². The zero-order chi connectivity index (χ0) is 22.7. The molecule has 4 rings (SSSR count). The molecule has 1 aliphatic rings. The molecule has 166 valence electrons. The maximum Gasteiger partial charge on any atom is 0.271 e. The van der Waals surface area contributed by atoms with E-state index in [2.05, 4.69) is 10.4 Å². The van der Waals surface area contributed by atoms with Gasteiger partial charge in [-0.3, -0.25) is 9.59 Å². The minimum Gasteiger partial charge on any atom is -0.497 e. The second kappa shape index (κ2) is 9.26. The molecule has 0 bridgehead atoms. The largest absolute Gasteiger partial charge is 0.497 e. The molecule has 1 heterocycles. The van der Waals surface area contributed by atoms with Crippen LogP contribution in [0.2, 0.25) is 0 Å². The van der Waals surface area contributed by atoms with E-state index in [4.69, 9.17) is 9.47 Å². The van der Waals surface area contributed by atoms with Gasteiger partial charge in [-0.05, 0) is 38.2 Å². The lowest BCUT2D eigenvalue weighted by Crippen LogP contribution is -2.37. The van der Waals surface area contributed by atoms with Gasteiger partial charge in [0.1, 0.15) is 17.5 Å². The predicted molar refractivity (Wildman–Crippen MR) is 123 cm³/mol. The van der Waals surface area contributed by atoms with E-state index >= 15 is 0 Å². The first-order valence-corrected chi connectivity index (χ1v) is 10.8. The molecule has 7 nitrogen and oxygen atoms in total. The number of ether oxygens (including phenoxy) is 2. The van der Waals surface area contributed by atoms with Gasteiger partial charge < -0.3 is 14.8 Å². The fourth-order valence-electron chi connectivity index (χ4n) is 4.08. The summed E-state index contributed by atoms with van der Waals surface area (Å²) in [6, 6.07) is 14.2. The van der Waals surface area contributed by atoms with Crippen molar-refractivity contribution in [2.24, 2.45) is 0 Å². The summed E-state index contributed by atoms with van der Waals surface area (Å²) in [7, 11) is 3.09. The number of nitrogens with zero attached hydrogens (tertiary/aromatic N) is 2. The third-order valence-corrected chi connectivity index (χ3v) is 5.84. The molecule has 1 aliphatic carbocycles. The Bertz CT molecular complexity index is 1170. The molecule has 0 radical (unpaired) electrons. The summed E-state index contributed by atoms with van der Waals surface area (Å²) >= 11 is 0. The molecular weight excluding hydrogens is 406 g/mol. The highest BCUT2D eigenvalue weighted by molar-refractivity contribution is 5.93. The van der Waals surface area contributed by atoms with Gasteiger partial charge in [0, 0.05) is 35.0 Å². The van der Waals surface area contributed by atoms with E-state index in [0.29, 0.717) is 23.6 Å². The predicted octanol–water partition coefficient (Wildman–Crippen LogP) is 4.01. The highest BCUT2D eigenvalue weighted by atomic mass is 16.5. The highest BCUT2D eigenvalue weighted by Crippen LogP contribution is 2.29. The zero-order valence-electron chi connectivity index (χ0n) is 18.6. The third kappa shape index (κ3) is 4.23. The summed E-state index contributed by atoms with van der Waals surface area (Å²) in [6.07, 6.45) is 3.53. The molecule has 0 aliphatic heterocycles. The second-order valence-electron chi connectivity index (χ2n) is 7.90. The third-order valence-electron chi connectivity index (χ3n) is 5.84. The van der Waals surface area contributed by atoms with Gasteiger partial charge in [0.15, 0.2) is 0 Å². The maximum absolute atomic E-state index is 13.3. The van der Waals surface area contributed by atoms with Gasteiger partial charge >= 0.3 is 0 Å². The molecule has 0 fully saturated rings. The summed E-state index contributed by atoms with van der Waals surface area (Å²) in [6.45, 7) is 1.69. The second-order valence-corrected chi connectivity index (χ2v) is 7.90. The minimum absolute atomic E-state index is 0.190. The number of carbonyl (C=O) groups is 1. The first kappa shape index (κ1) is 21.6. The number of hydrogen-bond acceptors (Lipinski definition) is 5. The van der Waals surface area contributed by atoms with Crippen molar-refractivity contribution < 1.29 is 14.3 Å².